The molecular weight excluding hydrogens is 741 g/mol. The fourth-order valence-electron chi connectivity index (χ4n) is 7.65. The van der Waals surface area contributed by atoms with Crippen molar-refractivity contribution in [2.45, 2.75) is 6.42 Å². The second kappa shape index (κ2) is 19.4. The lowest BCUT2D eigenvalue weighted by molar-refractivity contribution is 0.000762. The second-order valence-electron chi connectivity index (χ2n) is 14.4. The Kier molecular flexibility index (Phi) is 13.7. The molecule has 0 bridgehead atoms. The molecule has 0 saturated carbocycles. The molecule has 5 aromatic rings. The van der Waals surface area contributed by atoms with Crippen molar-refractivity contribution < 1.29 is 38.1 Å². The van der Waals surface area contributed by atoms with Crippen molar-refractivity contribution in [2.24, 2.45) is 0 Å². The Labute approximate surface area is 337 Å². The van der Waals surface area contributed by atoms with Crippen LogP contribution in [0.3, 0.4) is 0 Å². The van der Waals surface area contributed by atoms with Crippen LogP contribution in [0.15, 0.2) is 85.5 Å². The van der Waals surface area contributed by atoms with Gasteiger partial charge in [-0.3, -0.25) is 33.9 Å². The van der Waals surface area contributed by atoms with Crippen molar-refractivity contribution in [1.29, 1.82) is 0 Å². The highest BCUT2D eigenvalue weighted by atomic mass is 16.6. The van der Waals surface area contributed by atoms with Gasteiger partial charge in [-0.15, -0.1) is 0 Å². The summed E-state index contributed by atoms with van der Waals surface area (Å²) in [5.41, 5.74) is 2.96. The monoisotopic (exact) mass is 790 g/mol. The van der Waals surface area contributed by atoms with Crippen LogP contribution < -0.4 is 0 Å². The summed E-state index contributed by atoms with van der Waals surface area (Å²) >= 11 is 0. The Morgan fingerprint density at radius 2 is 1.16 bits per heavy atom. The zero-order valence-corrected chi connectivity index (χ0v) is 33.1. The number of imide groups is 2. The summed E-state index contributed by atoms with van der Waals surface area (Å²) in [6.07, 6.45) is 6.00. The number of carbonyl (C=O) groups is 4. The van der Waals surface area contributed by atoms with Crippen molar-refractivity contribution in [3.8, 4) is 5.69 Å². The van der Waals surface area contributed by atoms with E-state index in [9.17, 15) is 19.2 Å². The molecular formula is C44H50N6O8. The van der Waals surface area contributed by atoms with Crippen LogP contribution in [0.2, 0.25) is 0 Å². The normalized spacial score (nSPS) is 14.0. The summed E-state index contributed by atoms with van der Waals surface area (Å²) in [5.74, 6) is -1.17. The van der Waals surface area contributed by atoms with Crippen molar-refractivity contribution >= 4 is 45.2 Å². The van der Waals surface area contributed by atoms with Crippen LogP contribution >= 0.6 is 0 Å². The first-order valence-electron chi connectivity index (χ1n) is 19.8. The third-order valence-corrected chi connectivity index (χ3v) is 10.7. The molecule has 4 aromatic carbocycles. The number of imidazole rings is 1. The zero-order valence-electron chi connectivity index (χ0n) is 33.1. The van der Waals surface area contributed by atoms with Gasteiger partial charge in [0, 0.05) is 90.6 Å². The number of ether oxygens (including phenoxy) is 4. The molecule has 0 atom stereocenters. The number of nitrogens with zero attached hydrogens (tertiary/aromatic N) is 6. The smallest absolute Gasteiger partial charge is 0.261 e. The summed E-state index contributed by atoms with van der Waals surface area (Å²) in [6, 6.07) is 20.3. The quantitative estimate of drug-likeness (QED) is 0.0689. The van der Waals surface area contributed by atoms with Crippen LogP contribution in [0.25, 0.3) is 27.2 Å². The number of carbonyl (C=O) groups excluding carboxylic acids is 4. The summed E-state index contributed by atoms with van der Waals surface area (Å²) in [7, 11) is 3.61. The Balaban J connectivity index is 0.925. The van der Waals surface area contributed by atoms with Crippen LogP contribution in [-0.4, -0.2) is 159 Å². The van der Waals surface area contributed by atoms with Crippen LogP contribution in [0, 0.1) is 0 Å². The molecule has 0 unspecified atom stereocenters. The van der Waals surface area contributed by atoms with Gasteiger partial charge in [-0.1, -0.05) is 36.4 Å². The van der Waals surface area contributed by atoms with Gasteiger partial charge in [0.1, 0.15) is 0 Å². The van der Waals surface area contributed by atoms with Crippen molar-refractivity contribution in [2.75, 3.05) is 106 Å². The zero-order chi connectivity index (χ0) is 40.4. The maximum atomic E-state index is 13.7. The van der Waals surface area contributed by atoms with Gasteiger partial charge in [0.2, 0.25) is 0 Å². The van der Waals surface area contributed by atoms with Gasteiger partial charge in [-0.05, 0) is 62.3 Å². The maximum Gasteiger partial charge on any atom is 0.261 e. The molecule has 4 amide bonds. The predicted molar refractivity (Wildman–Crippen MR) is 219 cm³/mol. The Hall–Kier alpha value is -5.35. The van der Waals surface area contributed by atoms with E-state index in [0.717, 1.165) is 22.9 Å². The van der Waals surface area contributed by atoms with Gasteiger partial charge in [-0.2, -0.15) is 0 Å². The SMILES string of the molecule is COCCOCCOCCOCCN(CCCN(C)CCN1C(=O)c2cccc3c(-n4ccnc4)ccc(c23)C1=O)CCN1C(=O)c2cccc3cccc(c23)C1=O. The fraction of sp³-hybridized carbons (Fsp3) is 0.386. The molecule has 0 aliphatic carbocycles. The lowest BCUT2D eigenvalue weighted by atomic mass is 9.93. The van der Waals surface area contributed by atoms with Crippen molar-refractivity contribution in [1.82, 2.24) is 29.2 Å². The summed E-state index contributed by atoms with van der Waals surface area (Å²) < 4.78 is 23.8. The topological polar surface area (TPSA) is 136 Å². The predicted octanol–water partition coefficient (Wildman–Crippen LogP) is 4.39. The molecule has 304 valence electrons. The van der Waals surface area contributed by atoms with Gasteiger partial charge in [0.25, 0.3) is 23.6 Å². The second-order valence-corrected chi connectivity index (χ2v) is 14.4. The first-order chi connectivity index (χ1) is 28.4. The number of rotatable bonds is 23. The summed E-state index contributed by atoms with van der Waals surface area (Å²) in [5, 5.41) is 3.08. The van der Waals surface area contributed by atoms with E-state index in [1.807, 2.05) is 60.3 Å². The molecule has 7 rings (SSSR count). The standard InChI is InChI=1S/C44H50N6O8/c1-46(19-21-49-43(53)36-12-5-9-33-38(48-18-15-45-31-48)14-13-37(40(33)36)44(49)54)16-6-17-47(23-24-56-27-28-58-30-29-57-26-25-55-2)20-22-50-41(51)34-10-3-7-32-8-4-11-35(39(32)34)42(50)52/h3-5,7-15,18,31H,6,16-17,19-30H2,1-2H3. The molecule has 0 N–H and O–H groups in total. The van der Waals surface area contributed by atoms with E-state index in [0.29, 0.717) is 112 Å². The minimum atomic E-state index is -0.299. The van der Waals surface area contributed by atoms with Crippen LogP contribution in [0.4, 0.5) is 0 Å². The van der Waals surface area contributed by atoms with E-state index in [1.54, 1.807) is 43.9 Å². The summed E-state index contributed by atoms with van der Waals surface area (Å²) in [6.45, 7) is 6.78. The first kappa shape index (κ1) is 40.8. The van der Waals surface area contributed by atoms with Crippen LogP contribution in [0.1, 0.15) is 47.9 Å². The Bertz CT molecular complexity index is 2170. The molecule has 14 heteroatoms. The molecule has 0 radical (unpaired) electrons. The molecule has 0 spiro atoms. The fourth-order valence-corrected chi connectivity index (χ4v) is 7.65. The molecule has 2 aliphatic heterocycles. The molecule has 3 heterocycles. The molecule has 2 aliphatic rings. The van der Waals surface area contributed by atoms with Crippen molar-refractivity contribution in [3.63, 3.8) is 0 Å². The van der Waals surface area contributed by atoms with Gasteiger partial charge in [0.05, 0.1) is 58.3 Å². The van der Waals surface area contributed by atoms with E-state index in [2.05, 4.69) is 14.8 Å². The average Bonchev–Trinajstić information content (AvgIpc) is 3.78. The lowest BCUT2D eigenvalue weighted by Crippen LogP contribution is -2.45. The average molecular weight is 791 g/mol. The van der Waals surface area contributed by atoms with E-state index in [-0.39, 0.29) is 36.7 Å². The molecule has 0 saturated heterocycles. The maximum absolute atomic E-state index is 13.7. The lowest BCUT2D eigenvalue weighted by Gasteiger charge is -2.31. The largest absolute Gasteiger partial charge is 0.382 e. The molecule has 0 fully saturated rings. The third kappa shape index (κ3) is 9.02. The van der Waals surface area contributed by atoms with E-state index >= 15 is 0 Å². The highest BCUT2D eigenvalue weighted by molar-refractivity contribution is 6.27. The van der Waals surface area contributed by atoms with E-state index < -0.39 is 0 Å². The number of benzene rings is 4. The number of hydrogen-bond acceptors (Lipinski definition) is 11. The van der Waals surface area contributed by atoms with Crippen LogP contribution in [0.5, 0.6) is 0 Å². The molecule has 58 heavy (non-hydrogen) atoms. The van der Waals surface area contributed by atoms with Gasteiger partial charge < -0.3 is 28.4 Å². The van der Waals surface area contributed by atoms with E-state index in [4.69, 9.17) is 18.9 Å². The van der Waals surface area contributed by atoms with Gasteiger partial charge in [-0.25, -0.2) is 4.98 Å². The third-order valence-electron chi connectivity index (χ3n) is 10.7. The van der Waals surface area contributed by atoms with Crippen LogP contribution in [-0.2, 0) is 18.9 Å². The molecule has 1 aromatic heterocycles. The van der Waals surface area contributed by atoms with Gasteiger partial charge >= 0.3 is 0 Å². The molecule has 14 nitrogen and oxygen atoms in total. The minimum absolute atomic E-state index is 0.238. The minimum Gasteiger partial charge on any atom is -0.382 e. The Morgan fingerprint density at radius 3 is 1.78 bits per heavy atom. The highest BCUT2D eigenvalue weighted by Gasteiger charge is 2.34. The number of methoxy groups -OCH3 is 1. The first-order valence-corrected chi connectivity index (χ1v) is 19.8. The Morgan fingerprint density at radius 1 is 0.586 bits per heavy atom. The number of likely N-dealkylation sites (N-methyl/N-ethyl adjacent to an activating group) is 1. The van der Waals surface area contributed by atoms with E-state index in [1.165, 1.54) is 9.80 Å². The van der Waals surface area contributed by atoms with Crippen molar-refractivity contribution in [3.05, 3.63) is 108 Å². The number of aromatic nitrogens is 2. The number of amides is 4. The number of hydrogen-bond donors (Lipinski definition) is 0. The highest BCUT2D eigenvalue weighted by Crippen LogP contribution is 2.34. The van der Waals surface area contributed by atoms with Gasteiger partial charge in [0.15, 0.2) is 0 Å². The summed E-state index contributed by atoms with van der Waals surface area (Å²) in [4.78, 5) is 65.8.